The van der Waals surface area contributed by atoms with Gasteiger partial charge in [0.1, 0.15) is 17.6 Å². The molecular formula is C15H20N2O3S. The highest BCUT2D eigenvalue weighted by Gasteiger charge is 2.26. The largest absolute Gasteiger partial charge is 0.492 e. The monoisotopic (exact) mass is 308 g/mol. The summed E-state index contributed by atoms with van der Waals surface area (Å²) >= 11 is 1.73. The minimum atomic E-state index is -0.141. The summed E-state index contributed by atoms with van der Waals surface area (Å²) in [6.45, 7) is 4.54. The molecule has 21 heavy (non-hydrogen) atoms. The van der Waals surface area contributed by atoms with Gasteiger partial charge in [-0.15, -0.1) is 11.8 Å². The average molecular weight is 308 g/mol. The van der Waals surface area contributed by atoms with Crippen LogP contribution >= 0.6 is 11.8 Å². The first-order valence-corrected chi connectivity index (χ1v) is 8.41. The SMILES string of the molecule is CCOc1cc2c(cc1NC(=O)C1CSCN1)OC(C)C2. The molecule has 1 aromatic rings. The van der Waals surface area contributed by atoms with Gasteiger partial charge in [-0.25, -0.2) is 0 Å². The fourth-order valence-electron chi connectivity index (χ4n) is 2.60. The van der Waals surface area contributed by atoms with Crippen LogP contribution in [0.4, 0.5) is 5.69 Å². The highest BCUT2D eigenvalue weighted by Crippen LogP contribution is 2.38. The van der Waals surface area contributed by atoms with Crippen LogP contribution in [-0.4, -0.2) is 36.3 Å². The third-order valence-corrected chi connectivity index (χ3v) is 4.53. The maximum atomic E-state index is 12.3. The van der Waals surface area contributed by atoms with Crippen molar-refractivity contribution in [3.8, 4) is 11.5 Å². The zero-order valence-electron chi connectivity index (χ0n) is 12.3. The van der Waals surface area contributed by atoms with Gasteiger partial charge in [-0.3, -0.25) is 10.1 Å². The van der Waals surface area contributed by atoms with E-state index in [1.165, 1.54) is 0 Å². The van der Waals surface area contributed by atoms with Crippen molar-refractivity contribution in [2.24, 2.45) is 0 Å². The molecule has 114 valence electrons. The number of carbonyl (C=O) groups excluding carboxylic acids is 1. The van der Waals surface area contributed by atoms with Crippen LogP contribution in [0.1, 0.15) is 19.4 Å². The maximum absolute atomic E-state index is 12.3. The van der Waals surface area contributed by atoms with E-state index in [0.717, 1.165) is 29.4 Å². The van der Waals surface area contributed by atoms with Crippen molar-refractivity contribution in [2.75, 3.05) is 23.6 Å². The second-order valence-electron chi connectivity index (χ2n) is 5.28. The van der Waals surface area contributed by atoms with E-state index < -0.39 is 0 Å². The van der Waals surface area contributed by atoms with Crippen molar-refractivity contribution in [3.05, 3.63) is 17.7 Å². The summed E-state index contributed by atoms with van der Waals surface area (Å²) in [7, 11) is 0. The quantitative estimate of drug-likeness (QED) is 0.891. The maximum Gasteiger partial charge on any atom is 0.242 e. The Morgan fingerprint density at radius 1 is 1.57 bits per heavy atom. The lowest BCUT2D eigenvalue weighted by Gasteiger charge is -2.15. The Morgan fingerprint density at radius 2 is 2.43 bits per heavy atom. The third kappa shape index (κ3) is 3.11. The lowest BCUT2D eigenvalue weighted by Crippen LogP contribution is -2.37. The van der Waals surface area contributed by atoms with Gasteiger partial charge in [0.25, 0.3) is 0 Å². The van der Waals surface area contributed by atoms with Crippen molar-refractivity contribution in [1.29, 1.82) is 0 Å². The normalized spacial score (nSPS) is 23.5. The molecule has 2 aliphatic heterocycles. The minimum absolute atomic E-state index is 0.0213. The van der Waals surface area contributed by atoms with Crippen LogP contribution in [0.2, 0.25) is 0 Å². The predicted molar refractivity (Wildman–Crippen MR) is 84.3 cm³/mol. The number of nitrogens with one attached hydrogen (secondary N) is 2. The Morgan fingerprint density at radius 3 is 3.14 bits per heavy atom. The van der Waals surface area contributed by atoms with Crippen molar-refractivity contribution >= 4 is 23.4 Å². The van der Waals surface area contributed by atoms with Crippen molar-refractivity contribution < 1.29 is 14.3 Å². The number of rotatable bonds is 4. The zero-order valence-corrected chi connectivity index (χ0v) is 13.1. The fourth-order valence-corrected chi connectivity index (χ4v) is 3.54. The fraction of sp³-hybridized carbons (Fsp3) is 0.533. The molecule has 2 N–H and O–H groups in total. The first-order chi connectivity index (χ1) is 10.2. The van der Waals surface area contributed by atoms with Crippen LogP contribution in [-0.2, 0) is 11.2 Å². The van der Waals surface area contributed by atoms with Gasteiger partial charge in [-0.1, -0.05) is 0 Å². The van der Waals surface area contributed by atoms with Crippen molar-refractivity contribution in [3.63, 3.8) is 0 Å². The molecule has 2 atom stereocenters. The average Bonchev–Trinajstić information content (AvgIpc) is 3.07. The topological polar surface area (TPSA) is 59.6 Å². The lowest BCUT2D eigenvalue weighted by atomic mass is 10.1. The molecule has 0 bridgehead atoms. The molecule has 0 aromatic heterocycles. The number of hydrogen-bond acceptors (Lipinski definition) is 5. The van der Waals surface area contributed by atoms with E-state index in [0.29, 0.717) is 18.0 Å². The molecule has 1 aromatic carbocycles. The zero-order chi connectivity index (χ0) is 14.8. The third-order valence-electron chi connectivity index (χ3n) is 3.59. The number of ether oxygens (including phenoxy) is 2. The predicted octanol–water partition coefficient (Wildman–Crippen LogP) is 2.01. The molecule has 5 nitrogen and oxygen atoms in total. The number of amides is 1. The standard InChI is InChI=1S/C15H20N2O3S/c1-3-19-14-5-10-4-9(2)20-13(10)6-11(14)17-15(18)12-7-21-8-16-12/h5-6,9,12,16H,3-4,7-8H2,1-2H3,(H,17,18). The number of fused-ring (bicyclic) bond motifs is 1. The highest BCUT2D eigenvalue weighted by molar-refractivity contribution is 7.99. The van der Waals surface area contributed by atoms with E-state index in [2.05, 4.69) is 10.6 Å². The minimum Gasteiger partial charge on any atom is -0.492 e. The van der Waals surface area contributed by atoms with Gasteiger partial charge < -0.3 is 14.8 Å². The number of carbonyl (C=O) groups is 1. The summed E-state index contributed by atoms with van der Waals surface area (Å²) in [5.41, 5.74) is 1.83. The Balaban J connectivity index is 1.82. The molecule has 0 saturated carbocycles. The molecule has 0 aliphatic carbocycles. The molecule has 0 spiro atoms. The first-order valence-electron chi connectivity index (χ1n) is 7.25. The van der Waals surface area contributed by atoms with Crippen LogP contribution in [0, 0.1) is 0 Å². The summed E-state index contributed by atoms with van der Waals surface area (Å²) < 4.78 is 11.4. The number of anilines is 1. The Bertz CT molecular complexity index is 544. The molecule has 0 radical (unpaired) electrons. The van der Waals surface area contributed by atoms with Crippen molar-refractivity contribution in [1.82, 2.24) is 5.32 Å². The molecule has 6 heteroatoms. The van der Waals surface area contributed by atoms with Gasteiger partial charge in [0, 0.05) is 29.7 Å². The summed E-state index contributed by atoms with van der Waals surface area (Å²) in [6, 6.07) is 3.72. The molecule has 1 saturated heterocycles. The van der Waals surface area contributed by atoms with Gasteiger partial charge in [-0.05, 0) is 19.9 Å². The summed E-state index contributed by atoms with van der Waals surface area (Å²) in [5.74, 6) is 3.16. The van der Waals surface area contributed by atoms with Gasteiger partial charge in [0.05, 0.1) is 18.3 Å². The number of thioether (sulfide) groups is 1. The number of hydrogen-bond donors (Lipinski definition) is 2. The van der Waals surface area contributed by atoms with Crippen LogP contribution < -0.4 is 20.1 Å². The molecule has 1 fully saturated rings. The Labute approximate surface area is 128 Å². The summed E-state index contributed by atoms with van der Waals surface area (Å²) in [4.78, 5) is 12.3. The van der Waals surface area contributed by atoms with Gasteiger partial charge in [0.2, 0.25) is 5.91 Å². The highest BCUT2D eigenvalue weighted by atomic mass is 32.2. The second kappa shape index (κ2) is 6.15. The Kier molecular flexibility index (Phi) is 4.26. The molecule has 2 heterocycles. The number of benzene rings is 1. The van der Waals surface area contributed by atoms with E-state index in [4.69, 9.17) is 9.47 Å². The van der Waals surface area contributed by atoms with Crippen LogP contribution in [0.5, 0.6) is 11.5 Å². The molecule has 2 aliphatic rings. The van der Waals surface area contributed by atoms with E-state index in [-0.39, 0.29) is 18.1 Å². The molecular weight excluding hydrogens is 288 g/mol. The van der Waals surface area contributed by atoms with E-state index in [1.54, 1.807) is 11.8 Å². The van der Waals surface area contributed by atoms with Crippen LogP contribution in [0.25, 0.3) is 0 Å². The smallest absolute Gasteiger partial charge is 0.242 e. The van der Waals surface area contributed by atoms with Gasteiger partial charge in [-0.2, -0.15) is 0 Å². The van der Waals surface area contributed by atoms with Crippen LogP contribution in [0.15, 0.2) is 12.1 Å². The molecule has 1 amide bonds. The molecule has 2 unspecified atom stereocenters. The lowest BCUT2D eigenvalue weighted by molar-refractivity contribution is -0.117. The van der Waals surface area contributed by atoms with Gasteiger partial charge in [0.15, 0.2) is 0 Å². The second-order valence-corrected chi connectivity index (χ2v) is 6.31. The van der Waals surface area contributed by atoms with Crippen molar-refractivity contribution in [2.45, 2.75) is 32.4 Å². The van der Waals surface area contributed by atoms with E-state index in [1.807, 2.05) is 26.0 Å². The summed E-state index contributed by atoms with van der Waals surface area (Å²) in [6.07, 6.45) is 1.05. The Hall–Kier alpha value is -1.40. The summed E-state index contributed by atoms with van der Waals surface area (Å²) in [5, 5.41) is 6.13. The first kappa shape index (κ1) is 14.5. The van der Waals surface area contributed by atoms with Gasteiger partial charge >= 0.3 is 0 Å². The van der Waals surface area contributed by atoms with E-state index in [9.17, 15) is 4.79 Å². The van der Waals surface area contributed by atoms with E-state index >= 15 is 0 Å². The molecule has 3 rings (SSSR count). The van der Waals surface area contributed by atoms with Crippen LogP contribution in [0.3, 0.4) is 0 Å².